The SMILES string of the molecule is CC(C)=CCN1Cc2nnc(C3CCOCC3)n2[C@@H](Cc2cnc[nH]2)C1. The van der Waals surface area contributed by atoms with E-state index in [1.807, 2.05) is 6.20 Å². The first-order chi connectivity index (χ1) is 12.7. The number of imidazole rings is 1. The van der Waals surface area contributed by atoms with E-state index in [1.165, 1.54) is 5.57 Å². The summed E-state index contributed by atoms with van der Waals surface area (Å²) >= 11 is 0. The second-order valence-electron chi connectivity index (χ2n) is 7.64. The molecule has 1 N–H and O–H groups in total. The minimum Gasteiger partial charge on any atom is -0.381 e. The highest BCUT2D eigenvalue weighted by Crippen LogP contribution is 2.32. The Morgan fingerprint density at radius 2 is 2.15 bits per heavy atom. The van der Waals surface area contributed by atoms with E-state index in [4.69, 9.17) is 4.74 Å². The van der Waals surface area contributed by atoms with Crippen molar-refractivity contribution in [1.82, 2.24) is 29.6 Å². The quantitative estimate of drug-likeness (QED) is 0.833. The molecule has 26 heavy (non-hydrogen) atoms. The Labute approximate surface area is 154 Å². The summed E-state index contributed by atoms with van der Waals surface area (Å²) in [5.74, 6) is 2.69. The van der Waals surface area contributed by atoms with Crippen molar-refractivity contribution in [2.45, 2.75) is 51.6 Å². The lowest BCUT2D eigenvalue weighted by atomic mass is 9.98. The largest absolute Gasteiger partial charge is 0.381 e. The van der Waals surface area contributed by atoms with Crippen LogP contribution in [0.5, 0.6) is 0 Å². The third kappa shape index (κ3) is 3.73. The number of allylic oxidation sites excluding steroid dienone is 1. The van der Waals surface area contributed by atoms with E-state index in [2.05, 4.69) is 49.6 Å². The second kappa shape index (κ2) is 7.72. The van der Waals surface area contributed by atoms with Crippen LogP contribution in [0.3, 0.4) is 0 Å². The van der Waals surface area contributed by atoms with Crippen molar-refractivity contribution >= 4 is 0 Å². The summed E-state index contributed by atoms with van der Waals surface area (Å²) in [7, 11) is 0. The Morgan fingerprint density at radius 1 is 1.31 bits per heavy atom. The average molecular weight is 356 g/mol. The maximum atomic E-state index is 5.54. The average Bonchev–Trinajstić information content (AvgIpc) is 3.30. The molecule has 0 aromatic carbocycles. The molecule has 140 valence electrons. The van der Waals surface area contributed by atoms with Crippen LogP contribution in [0.1, 0.15) is 56.0 Å². The number of hydrogen-bond acceptors (Lipinski definition) is 5. The van der Waals surface area contributed by atoms with Crippen LogP contribution in [0, 0.1) is 0 Å². The zero-order valence-corrected chi connectivity index (χ0v) is 15.7. The summed E-state index contributed by atoms with van der Waals surface area (Å²) in [6.07, 6.45) is 8.97. The highest BCUT2D eigenvalue weighted by Gasteiger charge is 2.32. The summed E-state index contributed by atoms with van der Waals surface area (Å²) < 4.78 is 7.95. The number of hydrogen-bond donors (Lipinski definition) is 1. The van der Waals surface area contributed by atoms with Crippen LogP contribution in [0.15, 0.2) is 24.2 Å². The Kier molecular flexibility index (Phi) is 5.17. The molecule has 1 fully saturated rings. The molecule has 1 atom stereocenters. The van der Waals surface area contributed by atoms with Gasteiger partial charge in [0.05, 0.1) is 18.9 Å². The first-order valence-corrected chi connectivity index (χ1v) is 9.55. The molecular weight excluding hydrogens is 328 g/mol. The van der Waals surface area contributed by atoms with Gasteiger partial charge in [0, 0.05) is 50.5 Å². The molecule has 0 aliphatic carbocycles. The topological polar surface area (TPSA) is 71.9 Å². The van der Waals surface area contributed by atoms with Gasteiger partial charge in [-0.2, -0.15) is 0 Å². The van der Waals surface area contributed by atoms with Crippen molar-refractivity contribution in [2.75, 3.05) is 26.3 Å². The zero-order chi connectivity index (χ0) is 17.9. The summed E-state index contributed by atoms with van der Waals surface area (Å²) in [6.45, 7) is 8.77. The standard InChI is InChI=1S/C19H28N6O/c1-14(2)3-6-24-11-17(9-16-10-20-13-21-16)25-18(12-24)22-23-19(25)15-4-7-26-8-5-15/h3,10,13,15,17H,4-9,11-12H2,1-2H3,(H,20,21)/t17-/m0/s1. The minimum absolute atomic E-state index is 0.331. The highest BCUT2D eigenvalue weighted by atomic mass is 16.5. The third-order valence-electron chi connectivity index (χ3n) is 5.35. The molecule has 0 bridgehead atoms. The van der Waals surface area contributed by atoms with E-state index in [0.29, 0.717) is 12.0 Å². The Bertz CT molecular complexity index is 740. The number of ether oxygens (including phenoxy) is 1. The van der Waals surface area contributed by atoms with Crippen LogP contribution in [0.2, 0.25) is 0 Å². The number of nitrogens with one attached hydrogen (secondary N) is 1. The van der Waals surface area contributed by atoms with Crippen molar-refractivity contribution < 1.29 is 4.74 Å². The molecular formula is C19H28N6O. The molecule has 0 radical (unpaired) electrons. The van der Waals surface area contributed by atoms with Crippen molar-refractivity contribution in [1.29, 1.82) is 0 Å². The number of aromatic nitrogens is 5. The Balaban J connectivity index is 1.62. The van der Waals surface area contributed by atoms with Gasteiger partial charge in [0.2, 0.25) is 0 Å². The summed E-state index contributed by atoms with van der Waals surface area (Å²) in [5.41, 5.74) is 2.52. The number of rotatable bonds is 5. The first kappa shape index (κ1) is 17.4. The van der Waals surface area contributed by atoms with Gasteiger partial charge in [-0.3, -0.25) is 4.90 Å². The molecule has 4 rings (SSSR count). The number of H-pyrrole nitrogens is 1. The molecule has 1 saturated heterocycles. The van der Waals surface area contributed by atoms with Gasteiger partial charge in [-0.05, 0) is 26.7 Å². The molecule has 4 heterocycles. The summed E-state index contributed by atoms with van der Waals surface area (Å²) in [6, 6.07) is 0.331. The summed E-state index contributed by atoms with van der Waals surface area (Å²) in [4.78, 5) is 9.91. The van der Waals surface area contributed by atoms with E-state index >= 15 is 0 Å². The third-order valence-corrected chi connectivity index (χ3v) is 5.35. The van der Waals surface area contributed by atoms with Crippen LogP contribution in [-0.2, 0) is 17.7 Å². The van der Waals surface area contributed by atoms with Gasteiger partial charge < -0.3 is 14.3 Å². The van der Waals surface area contributed by atoms with Gasteiger partial charge >= 0.3 is 0 Å². The van der Waals surface area contributed by atoms with Crippen LogP contribution in [0.25, 0.3) is 0 Å². The Morgan fingerprint density at radius 3 is 2.88 bits per heavy atom. The van der Waals surface area contributed by atoms with Gasteiger partial charge in [-0.25, -0.2) is 4.98 Å². The molecule has 2 aliphatic rings. The maximum absolute atomic E-state index is 5.54. The van der Waals surface area contributed by atoms with Crippen LogP contribution in [0.4, 0.5) is 0 Å². The lowest BCUT2D eigenvalue weighted by Gasteiger charge is -2.35. The fourth-order valence-electron chi connectivity index (χ4n) is 3.98. The van der Waals surface area contributed by atoms with Crippen molar-refractivity contribution in [3.63, 3.8) is 0 Å². The molecule has 0 unspecified atom stereocenters. The minimum atomic E-state index is 0.331. The molecule has 7 heteroatoms. The van der Waals surface area contributed by atoms with E-state index in [-0.39, 0.29) is 0 Å². The van der Waals surface area contributed by atoms with Crippen LogP contribution < -0.4 is 0 Å². The maximum Gasteiger partial charge on any atom is 0.147 e. The fourth-order valence-corrected chi connectivity index (χ4v) is 3.98. The second-order valence-corrected chi connectivity index (χ2v) is 7.64. The van der Waals surface area contributed by atoms with Gasteiger partial charge in [0.15, 0.2) is 0 Å². The van der Waals surface area contributed by atoms with Gasteiger partial charge in [0.1, 0.15) is 11.6 Å². The van der Waals surface area contributed by atoms with E-state index in [0.717, 1.165) is 69.5 Å². The monoisotopic (exact) mass is 356 g/mol. The van der Waals surface area contributed by atoms with Gasteiger partial charge in [-0.15, -0.1) is 10.2 Å². The van der Waals surface area contributed by atoms with E-state index in [1.54, 1.807) is 6.33 Å². The highest BCUT2D eigenvalue weighted by molar-refractivity contribution is 5.11. The molecule has 7 nitrogen and oxygen atoms in total. The van der Waals surface area contributed by atoms with Gasteiger partial charge in [-0.1, -0.05) is 11.6 Å². The van der Waals surface area contributed by atoms with Gasteiger partial charge in [0.25, 0.3) is 0 Å². The van der Waals surface area contributed by atoms with E-state index < -0.39 is 0 Å². The smallest absolute Gasteiger partial charge is 0.147 e. The molecule has 2 aromatic heterocycles. The Hall–Kier alpha value is -1.99. The van der Waals surface area contributed by atoms with Crippen molar-refractivity contribution in [2.24, 2.45) is 0 Å². The molecule has 0 amide bonds. The predicted octanol–water partition coefficient (Wildman–Crippen LogP) is 2.46. The fraction of sp³-hybridized carbons (Fsp3) is 0.632. The van der Waals surface area contributed by atoms with Crippen LogP contribution >= 0.6 is 0 Å². The molecule has 0 saturated carbocycles. The zero-order valence-electron chi connectivity index (χ0n) is 15.7. The van der Waals surface area contributed by atoms with Crippen LogP contribution in [-0.4, -0.2) is 55.9 Å². The van der Waals surface area contributed by atoms with Crippen molar-refractivity contribution in [3.8, 4) is 0 Å². The van der Waals surface area contributed by atoms with E-state index in [9.17, 15) is 0 Å². The molecule has 2 aliphatic heterocycles. The number of fused-ring (bicyclic) bond motifs is 1. The molecule has 0 spiro atoms. The number of nitrogens with zero attached hydrogens (tertiary/aromatic N) is 5. The first-order valence-electron chi connectivity index (χ1n) is 9.55. The molecule has 2 aromatic rings. The number of aromatic amines is 1. The predicted molar refractivity (Wildman–Crippen MR) is 98.9 cm³/mol. The lowest BCUT2D eigenvalue weighted by molar-refractivity contribution is 0.0813. The summed E-state index contributed by atoms with van der Waals surface area (Å²) in [5, 5.41) is 9.19. The lowest BCUT2D eigenvalue weighted by Crippen LogP contribution is -2.39. The van der Waals surface area contributed by atoms with Crippen molar-refractivity contribution in [3.05, 3.63) is 41.5 Å². The normalized spacial score (nSPS) is 21.5.